The number of aromatic nitrogens is 1. The molecule has 0 aliphatic rings. The zero-order valence-electron chi connectivity index (χ0n) is 10.9. The third kappa shape index (κ3) is 2.76. The molecule has 1 atom stereocenters. The summed E-state index contributed by atoms with van der Waals surface area (Å²) in [5.74, 6) is -1.37. The SMILES string of the molecule is CC(=O)N[C@@H](Cc1c[nH]c2cccc(C)c12)C(=O)O. The van der Waals surface area contributed by atoms with Gasteiger partial charge in [-0.2, -0.15) is 0 Å². The van der Waals surface area contributed by atoms with E-state index in [-0.39, 0.29) is 12.3 Å². The van der Waals surface area contributed by atoms with E-state index in [0.717, 1.165) is 22.0 Å². The topological polar surface area (TPSA) is 82.2 Å². The van der Waals surface area contributed by atoms with Crippen molar-refractivity contribution in [2.24, 2.45) is 0 Å². The Hall–Kier alpha value is -2.30. The van der Waals surface area contributed by atoms with Gasteiger partial charge in [-0.15, -0.1) is 0 Å². The van der Waals surface area contributed by atoms with Gasteiger partial charge in [0, 0.05) is 30.4 Å². The van der Waals surface area contributed by atoms with Crippen LogP contribution >= 0.6 is 0 Å². The molecular weight excluding hydrogens is 244 g/mol. The number of hydrogen-bond acceptors (Lipinski definition) is 2. The van der Waals surface area contributed by atoms with Crippen LogP contribution in [-0.4, -0.2) is 28.0 Å². The van der Waals surface area contributed by atoms with Gasteiger partial charge >= 0.3 is 5.97 Å². The fourth-order valence-corrected chi connectivity index (χ4v) is 2.28. The minimum Gasteiger partial charge on any atom is -0.480 e. The maximum Gasteiger partial charge on any atom is 0.326 e. The number of fused-ring (bicyclic) bond motifs is 1. The van der Waals surface area contributed by atoms with Crippen LogP contribution < -0.4 is 5.32 Å². The van der Waals surface area contributed by atoms with E-state index in [1.165, 1.54) is 6.92 Å². The molecule has 0 bridgehead atoms. The second kappa shape index (κ2) is 5.14. The number of carboxylic acids is 1. The number of benzene rings is 1. The number of aryl methyl sites for hydroxylation is 1. The number of carboxylic acid groups (broad SMARTS) is 1. The summed E-state index contributed by atoms with van der Waals surface area (Å²) in [7, 11) is 0. The predicted molar refractivity (Wildman–Crippen MR) is 72.0 cm³/mol. The van der Waals surface area contributed by atoms with Gasteiger partial charge in [0.2, 0.25) is 5.91 Å². The largest absolute Gasteiger partial charge is 0.480 e. The maximum absolute atomic E-state index is 11.2. The van der Waals surface area contributed by atoms with Crippen LogP contribution in [0.3, 0.4) is 0 Å². The van der Waals surface area contributed by atoms with Crippen molar-refractivity contribution < 1.29 is 14.7 Å². The summed E-state index contributed by atoms with van der Waals surface area (Å²) >= 11 is 0. The number of amides is 1. The van der Waals surface area contributed by atoms with Gasteiger partial charge in [-0.05, 0) is 24.1 Å². The Morgan fingerprint density at radius 3 is 2.79 bits per heavy atom. The molecule has 0 fully saturated rings. The molecule has 0 aliphatic heterocycles. The first kappa shape index (κ1) is 13.1. The summed E-state index contributed by atoms with van der Waals surface area (Å²) in [6, 6.07) is 4.96. The van der Waals surface area contributed by atoms with Gasteiger partial charge in [0.25, 0.3) is 0 Å². The number of carbonyl (C=O) groups excluding carboxylic acids is 1. The molecule has 0 aliphatic carbocycles. The van der Waals surface area contributed by atoms with Crippen molar-refractivity contribution in [2.75, 3.05) is 0 Å². The number of hydrogen-bond donors (Lipinski definition) is 3. The van der Waals surface area contributed by atoms with E-state index in [1.54, 1.807) is 6.20 Å². The molecule has 3 N–H and O–H groups in total. The van der Waals surface area contributed by atoms with E-state index in [2.05, 4.69) is 10.3 Å². The summed E-state index contributed by atoms with van der Waals surface area (Å²) in [6.07, 6.45) is 2.06. The van der Waals surface area contributed by atoms with Crippen molar-refractivity contribution in [3.05, 3.63) is 35.5 Å². The van der Waals surface area contributed by atoms with E-state index in [1.807, 2.05) is 25.1 Å². The predicted octanol–water partition coefficient (Wildman–Crippen LogP) is 1.61. The molecule has 100 valence electrons. The van der Waals surface area contributed by atoms with Gasteiger partial charge < -0.3 is 15.4 Å². The van der Waals surface area contributed by atoms with Crippen LogP contribution in [0.25, 0.3) is 10.9 Å². The molecule has 1 amide bonds. The molecule has 0 radical (unpaired) electrons. The number of nitrogens with one attached hydrogen (secondary N) is 2. The van der Waals surface area contributed by atoms with Crippen LogP contribution in [-0.2, 0) is 16.0 Å². The van der Waals surface area contributed by atoms with E-state index in [0.29, 0.717) is 0 Å². The van der Waals surface area contributed by atoms with E-state index < -0.39 is 12.0 Å². The molecule has 0 spiro atoms. The quantitative estimate of drug-likeness (QED) is 0.781. The number of H-pyrrole nitrogens is 1. The van der Waals surface area contributed by atoms with Crippen molar-refractivity contribution in [3.8, 4) is 0 Å². The zero-order chi connectivity index (χ0) is 14.0. The second-order valence-electron chi connectivity index (χ2n) is 4.61. The average molecular weight is 260 g/mol. The van der Waals surface area contributed by atoms with Gasteiger partial charge in [0.05, 0.1) is 0 Å². The normalized spacial score (nSPS) is 12.3. The van der Waals surface area contributed by atoms with Crippen molar-refractivity contribution in [2.45, 2.75) is 26.3 Å². The highest BCUT2D eigenvalue weighted by Gasteiger charge is 2.20. The van der Waals surface area contributed by atoms with E-state index in [4.69, 9.17) is 5.11 Å². The lowest BCUT2D eigenvalue weighted by atomic mass is 10.0. The Morgan fingerprint density at radius 2 is 2.16 bits per heavy atom. The highest BCUT2D eigenvalue weighted by atomic mass is 16.4. The number of carbonyl (C=O) groups is 2. The summed E-state index contributed by atoms with van der Waals surface area (Å²) in [4.78, 5) is 25.3. The smallest absolute Gasteiger partial charge is 0.326 e. The summed E-state index contributed by atoms with van der Waals surface area (Å²) < 4.78 is 0. The lowest BCUT2D eigenvalue weighted by Crippen LogP contribution is -2.41. The maximum atomic E-state index is 11.2. The lowest BCUT2D eigenvalue weighted by Gasteiger charge is -2.13. The van der Waals surface area contributed by atoms with Crippen molar-refractivity contribution in [3.63, 3.8) is 0 Å². The monoisotopic (exact) mass is 260 g/mol. The van der Waals surface area contributed by atoms with E-state index in [9.17, 15) is 9.59 Å². The average Bonchev–Trinajstić information content (AvgIpc) is 2.72. The van der Waals surface area contributed by atoms with Crippen LogP contribution in [0.5, 0.6) is 0 Å². The third-order valence-corrected chi connectivity index (χ3v) is 3.10. The molecule has 0 saturated carbocycles. The molecule has 1 heterocycles. The lowest BCUT2D eigenvalue weighted by molar-refractivity contribution is -0.141. The van der Waals surface area contributed by atoms with Crippen molar-refractivity contribution in [1.29, 1.82) is 0 Å². The first-order valence-corrected chi connectivity index (χ1v) is 6.04. The number of aliphatic carboxylic acids is 1. The standard InChI is InChI=1S/C14H16N2O3/c1-8-4-3-5-11-13(8)10(7-15-11)6-12(14(18)19)16-9(2)17/h3-5,7,12,15H,6H2,1-2H3,(H,16,17)(H,18,19)/t12-/m0/s1. The first-order chi connectivity index (χ1) is 8.99. The van der Waals surface area contributed by atoms with Gasteiger partial charge in [-0.1, -0.05) is 12.1 Å². The van der Waals surface area contributed by atoms with Gasteiger partial charge in [0.1, 0.15) is 6.04 Å². The molecule has 5 heteroatoms. The van der Waals surface area contributed by atoms with Crippen LogP contribution in [0.1, 0.15) is 18.1 Å². The molecule has 19 heavy (non-hydrogen) atoms. The summed E-state index contributed by atoms with van der Waals surface area (Å²) in [6.45, 7) is 3.30. The summed E-state index contributed by atoms with van der Waals surface area (Å²) in [5, 5.41) is 12.6. The Balaban J connectivity index is 2.34. The molecule has 0 unspecified atom stereocenters. The molecule has 1 aromatic heterocycles. The molecule has 2 aromatic rings. The van der Waals surface area contributed by atoms with Gasteiger partial charge in [0.15, 0.2) is 0 Å². The first-order valence-electron chi connectivity index (χ1n) is 6.04. The summed E-state index contributed by atoms with van der Waals surface area (Å²) in [5.41, 5.74) is 2.96. The highest BCUT2D eigenvalue weighted by Crippen LogP contribution is 2.23. The Bertz CT molecular complexity index is 631. The van der Waals surface area contributed by atoms with Gasteiger partial charge in [-0.25, -0.2) is 4.79 Å². The fourth-order valence-electron chi connectivity index (χ4n) is 2.28. The number of aromatic amines is 1. The van der Waals surface area contributed by atoms with Crippen molar-refractivity contribution >= 4 is 22.8 Å². The number of rotatable bonds is 4. The third-order valence-electron chi connectivity index (χ3n) is 3.10. The Kier molecular flexibility index (Phi) is 3.55. The fraction of sp³-hybridized carbons (Fsp3) is 0.286. The molecule has 0 saturated heterocycles. The van der Waals surface area contributed by atoms with Gasteiger partial charge in [-0.3, -0.25) is 4.79 Å². The van der Waals surface area contributed by atoms with Crippen molar-refractivity contribution in [1.82, 2.24) is 10.3 Å². The Morgan fingerprint density at radius 1 is 1.42 bits per heavy atom. The van der Waals surface area contributed by atoms with Crippen LogP contribution in [0.2, 0.25) is 0 Å². The van der Waals surface area contributed by atoms with Crippen LogP contribution in [0.15, 0.2) is 24.4 Å². The van der Waals surface area contributed by atoms with Crippen LogP contribution in [0.4, 0.5) is 0 Å². The minimum atomic E-state index is -1.03. The molecule has 2 rings (SSSR count). The zero-order valence-corrected chi connectivity index (χ0v) is 10.9. The Labute approximate surface area is 110 Å². The van der Waals surface area contributed by atoms with Crippen LogP contribution in [0, 0.1) is 6.92 Å². The minimum absolute atomic E-state index is 0.264. The second-order valence-corrected chi connectivity index (χ2v) is 4.61. The van der Waals surface area contributed by atoms with E-state index >= 15 is 0 Å². The molecule has 5 nitrogen and oxygen atoms in total. The highest BCUT2D eigenvalue weighted by molar-refractivity contribution is 5.88. The molecular formula is C14H16N2O3. The molecule has 1 aromatic carbocycles.